The normalized spacial score (nSPS) is 12.0. The first-order valence-electron chi connectivity index (χ1n) is 10.2. The molecule has 0 radical (unpaired) electrons. The average molecular weight is 389 g/mol. The van der Waals surface area contributed by atoms with Crippen molar-refractivity contribution >= 4 is 16.3 Å². The number of hydrogen-bond acceptors (Lipinski definition) is 0. The molecule has 0 saturated carbocycles. The lowest BCUT2D eigenvalue weighted by Crippen LogP contribution is -1.86. The molecule has 0 aromatic heterocycles. The molecule has 0 saturated heterocycles. The van der Waals surface area contributed by atoms with Crippen LogP contribution >= 0.6 is 0 Å². The summed E-state index contributed by atoms with van der Waals surface area (Å²) in [5.74, 6) is 0. The van der Waals surface area contributed by atoms with Crippen LogP contribution in [0.25, 0.3) is 27.5 Å². The lowest BCUT2D eigenvalue weighted by molar-refractivity contribution is 1.37. The van der Waals surface area contributed by atoms with Crippen LogP contribution in [0.1, 0.15) is 18.9 Å². The fourth-order valence-corrected chi connectivity index (χ4v) is 3.36. The Morgan fingerprint density at radius 1 is 0.900 bits per heavy atom. The second kappa shape index (κ2) is 10.2. The van der Waals surface area contributed by atoms with E-state index in [1.165, 1.54) is 21.9 Å². The van der Waals surface area contributed by atoms with Gasteiger partial charge in [-0.1, -0.05) is 117 Å². The van der Waals surface area contributed by atoms with Gasteiger partial charge in [-0.15, -0.1) is 0 Å². The van der Waals surface area contributed by atoms with Gasteiger partial charge in [0.25, 0.3) is 0 Å². The van der Waals surface area contributed by atoms with E-state index in [1.807, 2.05) is 18.2 Å². The van der Waals surface area contributed by atoms with E-state index in [-0.39, 0.29) is 0 Å². The summed E-state index contributed by atoms with van der Waals surface area (Å²) in [5, 5.41) is 2.53. The SMILES string of the molecule is C=C/C=C/C=C(/C)C(=C)/C=C\CC(=C)c1cccc(-c2cccc3ccccc23)c1. The van der Waals surface area contributed by atoms with Gasteiger partial charge < -0.3 is 0 Å². The third kappa shape index (κ3) is 5.24. The van der Waals surface area contributed by atoms with Crippen LogP contribution in [-0.2, 0) is 0 Å². The fraction of sp³-hybridized carbons (Fsp3) is 0.0667. The van der Waals surface area contributed by atoms with Crippen LogP contribution in [0.2, 0.25) is 0 Å². The van der Waals surface area contributed by atoms with Crippen LogP contribution in [0.5, 0.6) is 0 Å². The Balaban J connectivity index is 1.75. The molecule has 0 aliphatic rings. The molecule has 3 aromatic carbocycles. The van der Waals surface area contributed by atoms with Gasteiger partial charge in [-0.3, -0.25) is 0 Å². The van der Waals surface area contributed by atoms with Crippen LogP contribution in [0.4, 0.5) is 0 Å². The molecular weight excluding hydrogens is 360 g/mol. The zero-order valence-corrected chi connectivity index (χ0v) is 17.6. The minimum atomic E-state index is 0.786. The Kier molecular flexibility index (Phi) is 7.19. The number of fused-ring (bicyclic) bond motifs is 1. The predicted octanol–water partition coefficient (Wildman–Crippen LogP) is 8.71. The maximum atomic E-state index is 4.31. The Bertz CT molecular complexity index is 1160. The molecule has 0 bridgehead atoms. The van der Waals surface area contributed by atoms with E-state index < -0.39 is 0 Å². The van der Waals surface area contributed by atoms with Crippen molar-refractivity contribution in [3.63, 3.8) is 0 Å². The van der Waals surface area contributed by atoms with E-state index in [4.69, 9.17) is 0 Å². The Labute approximate surface area is 180 Å². The zero-order chi connectivity index (χ0) is 21.3. The molecule has 0 amide bonds. The molecule has 0 unspecified atom stereocenters. The first kappa shape index (κ1) is 21.1. The molecule has 0 heteroatoms. The van der Waals surface area contributed by atoms with Gasteiger partial charge in [0.2, 0.25) is 0 Å². The molecule has 0 aliphatic heterocycles. The van der Waals surface area contributed by atoms with Crippen molar-refractivity contribution in [2.45, 2.75) is 13.3 Å². The number of allylic oxidation sites excluding steroid dienone is 9. The number of rotatable bonds is 8. The first-order valence-corrected chi connectivity index (χ1v) is 10.2. The van der Waals surface area contributed by atoms with Crippen LogP contribution in [0, 0.1) is 0 Å². The standard InChI is InChI=1S/C30H28/c1-5-6-7-13-23(2)24(3)14-10-15-25(4)27-18-11-19-28(22-27)30-21-12-17-26-16-8-9-20-29(26)30/h5-14,16-22H,1,3-4,15H2,2H3/b7-6+,14-10-,23-13-. The van der Waals surface area contributed by atoms with Crippen molar-refractivity contribution in [2.24, 2.45) is 0 Å². The molecule has 0 aliphatic carbocycles. The van der Waals surface area contributed by atoms with Crippen LogP contribution in [0.15, 0.2) is 134 Å². The minimum Gasteiger partial charge on any atom is -0.0991 e. The third-order valence-electron chi connectivity index (χ3n) is 5.15. The summed E-state index contributed by atoms with van der Waals surface area (Å²) in [5.41, 5.74) is 6.85. The average Bonchev–Trinajstić information content (AvgIpc) is 2.78. The highest BCUT2D eigenvalue weighted by Gasteiger charge is 2.05. The smallest absolute Gasteiger partial charge is 0.00941 e. The number of hydrogen-bond donors (Lipinski definition) is 0. The van der Waals surface area contributed by atoms with Gasteiger partial charge in [-0.25, -0.2) is 0 Å². The molecule has 0 nitrogen and oxygen atoms in total. The highest BCUT2D eigenvalue weighted by atomic mass is 14.1. The van der Waals surface area contributed by atoms with Gasteiger partial charge in [0.15, 0.2) is 0 Å². The van der Waals surface area contributed by atoms with Gasteiger partial charge >= 0.3 is 0 Å². The van der Waals surface area contributed by atoms with Crippen molar-refractivity contribution in [1.82, 2.24) is 0 Å². The van der Waals surface area contributed by atoms with Crippen LogP contribution < -0.4 is 0 Å². The molecule has 3 aromatic rings. The summed E-state index contributed by atoms with van der Waals surface area (Å²) >= 11 is 0. The quantitative estimate of drug-likeness (QED) is 0.338. The summed E-state index contributed by atoms with van der Waals surface area (Å²) in [4.78, 5) is 0. The fourth-order valence-electron chi connectivity index (χ4n) is 3.36. The van der Waals surface area contributed by atoms with Gasteiger partial charge in [0, 0.05) is 0 Å². The second-order valence-corrected chi connectivity index (χ2v) is 7.31. The summed E-state index contributed by atoms with van der Waals surface area (Å²) in [6.07, 6.45) is 12.7. The predicted molar refractivity (Wildman–Crippen MR) is 134 cm³/mol. The Hall–Kier alpha value is -3.64. The Morgan fingerprint density at radius 2 is 1.67 bits per heavy atom. The van der Waals surface area contributed by atoms with E-state index >= 15 is 0 Å². The van der Waals surface area contributed by atoms with Crippen molar-refractivity contribution in [3.05, 3.63) is 140 Å². The van der Waals surface area contributed by atoms with Crippen molar-refractivity contribution in [2.75, 3.05) is 0 Å². The van der Waals surface area contributed by atoms with Crippen LogP contribution in [0.3, 0.4) is 0 Å². The molecule has 0 fully saturated rings. The summed E-state index contributed by atoms with van der Waals surface area (Å²) in [6, 6.07) is 23.6. The monoisotopic (exact) mass is 388 g/mol. The van der Waals surface area contributed by atoms with Gasteiger partial charge in [-0.2, -0.15) is 0 Å². The molecule has 0 N–H and O–H groups in total. The van der Waals surface area contributed by atoms with Gasteiger partial charge in [-0.05, 0) is 63.6 Å². The molecule has 0 heterocycles. The summed E-state index contributed by atoms with van der Waals surface area (Å²) < 4.78 is 0. The second-order valence-electron chi connectivity index (χ2n) is 7.31. The largest absolute Gasteiger partial charge is 0.0991 e. The molecular formula is C30H28. The van der Waals surface area contributed by atoms with E-state index in [9.17, 15) is 0 Å². The highest BCUT2D eigenvalue weighted by Crippen LogP contribution is 2.30. The minimum absolute atomic E-state index is 0.786. The first-order chi connectivity index (χ1) is 14.6. The maximum Gasteiger partial charge on any atom is -0.00941 e. The maximum absolute atomic E-state index is 4.31. The summed E-state index contributed by atoms with van der Waals surface area (Å²) in [6.45, 7) is 14.2. The number of benzene rings is 3. The van der Waals surface area contributed by atoms with Crippen LogP contribution in [-0.4, -0.2) is 0 Å². The van der Waals surface area contributed by atoms with E-state index in [2.05, 4.69) is 106 Å². The Morgan fingerprint density at radius 3 is 2.50 bits per heavy atom. The van der Waals surface area contributed by atoms with E-state index in [0.717, 1.165) is 28.7 Å². The van der Waals surface area contributed by atoms with Crippen molar-refractivity contribution in [3.8, 4) is 11.1 Å². The van der Waals surface area contributed by atoms with Crippen molar-refractivity contribution in [1.29, 1.82) is 0 Å². The highest BCUT2D eigenvalue weighted by molar-refractivity contribution is 5.97. The lowest BCUT2D eigenvalue weighted by atomic mass is 9.95. The van der Waals surface area contributed by atoms with E-state index in [1.54, 1.807) is 6.08 Å². The summed E-state index contributed by atoms with van der Waals surface area (Å²) in [7, 11) is 0. The van der Waals surface area contributed by atoms with Crippen molar-refractivity contribution < 1.29 is 0 Å². The third-order valence-corrected chi connectivity index (χ3v) is 5.15. The molecule has 148 valence electrons. The molecule has 3 rings (SSSR count). The zero-order valence-electron chi connectivity index (χ0n) is 17.6. The lowest BCUT2D eigenvalue weighted by Gasteiger charge is -2.10. The van der Waals surface area contributed by atoms with Gasteiger partial charge in [0.1, 0.15) is 0 Å². The molecule has 0 atom stereocenters. The molecule has 0 spiro atoms. The van der Waals surface area contributed by atoms with E-state index in [0.29, 0.717) is 0 Å². The molecule has 30 heavy (non-hydrogen) atoms. The topological polar surface area (TPSA) is 0 Å². The van der Waals surface area contributed by atoms with Gasteiger partial charge in [0.05, 0.1) is 0 Å².